The zero-order chi connectivity index (χ0) is 20.6. The predicted octanol–water partition coefficient (Wildman–Crippen LogP) is 5.08. The molecule has 5 nitrogen and oxygen atoms in total. The Kier molecular flexibility index (Phi) is 7.22. The van der Waals surface area contributed by atoms with Crippen molar-refractivity contribution in [2.24, 2.45) is 0 Å². The van der Waals surface area contributed by atoms with Gasteiger partial charge in [-0.1, -0.05) is 29.8 Å². The molecule has 0 fully saturated rings. The van der Waals surface area contributed by atoms with Crippen LogP contribution in [0.2, 0.25) is 5.02 Å². The smallest absolute Gasteiger partial charge is 0.256 e. The lowest BCUT2D eigenvalue weighted by Gasteiger charge is -2.27. The van der Waals surface area contributed by atoms with Gasteiger partial charge in [-0.05, 0) is 75.6 Å². The predicted molar refractivity (Wildman–Crippen MR) is 120 cm³/mol. The van der Waals surface area contributed by atoms with Gasteiger partial charge in [0.2, 0.25) is 0 Å². The standard InChI is InChI=1S/C23H25ClN4O/c1-27(2)16-7-17-28(20-13-11-19(24)12-14-20)21-10-6-15-25-22(21)26-23(29)18-8-4-3-5-9-18/h3-6,8-15H,7,16-17H2,1-2H3,(H,25,26,29). The number of rotatable bonds is 8. The molecule has 0 saturated carbocycles. The maximum absolute atomic E-state index is 12.7. The summed E-state index contributed by atoms with van der Waals surface area (Å²) in [6.07, 6.45) is 2.64. The van der Waals surface area contributed by atoms with Gasteiger partial charge in [0.25, 0.3) is 5.91 Å². The monoisotopic (exact) mass is 408 g/mol. The summed E-state index contributed by atoms with van der Waals surface area (Å²) in [4.78, 5) is 21.4. The van der Waals surface area contributed by atoms with Gasteiger partial charge in [0.05, 0.1) is 5.69 Å². The number of halogens is 1. The summed E-state index contributed by atoms with van der Waals surface area (Å²) in [5.74, 6) is 0.344. The van der Waals surface area contributed by atoms with Crippen molar-refractivity contribution in [2.75, 3.05) is 37.4 Å². The number of amides is 1. The number of anilines is 3. The topological polar surface area (TPSA) is 48.5 Å². The number of nitrogens with one attached hydrogen (secondary N) is 1. The molecular formula is C23H25ClN4O. The van der Waals surface area contributed by atoms with Crippen molar-refractivity contribution >= 4 is 34.7 Å². The van der Waals surface area contributed by atoms with E-state index in [1.807, 2.05) is 54.6 Å². The molecule has 29 heavy (non-hydrogen) atoms. The lowest BCUT2D eigenvalue weighted by molar-refractivity contribution is 0.102. The van der Waals surface area contributed by atoms with Crippen molar-refractivity contribution < 1.29 is 4.79 Å². The summed E-state index contributed by atoms with van der Waals surface area (Å²) in [6, 6.07) is 20.7. The molecule has 3 rings (SSSR count). The quantitative estimate of drug-likeness (QED) is 0.564. The summed E-state index contributed by atoms with van der Waals surface area (Å²) >= 11 is 6.08. The third-order valence-corrected chi connectivity index (χ3v) is 4.72. The molecule has 0 bridgehead atoms. The van der Waals surface area contributed by atoms with E-state index in [0.29, 0.717) is 16.4 Å². The second-order valence-electron chi connectivity index (χ2n) is 6.98. The molecule has 1 amide bonds. The molecular weight excluding hydrogens is 384 g/mol. The van der Waals surface area contributed by atoms with E-state index in [2.05, 4.69) is 34.2 Å². The molecule has 0 radical (unpaired) electrons. The van der Waals surface area contributed by atoms with Crippen LogP contribution >= 0.6 is 11.6 Å². The zero-order valence-electron chi connectivity index (χ0n) is 16.7. The molecule has 0 atom stereocenters. The van der Waals surface area contributed by atoms with Gasteiger partial charge >= 0.3 is 0 Å². The fourth-order valence-corrected chi connectivity index (χ4v) is 3.16. The maximum atomic E-state index is 12.7. The van der Waals surface area contributed by atoms with Crippen LogP contribution in [-0.4, -0.2) is 43.0 Å². The number of benzene rings is 2. The van der Waals surface area contributed by atoms with Crippen LogP contribution in [0.5, 0.6) is 0 Å². The highest BCUT2D eigenvalue weighted by molar-refractivity contribution is 6.30. The molecule has 2 aromatic carbocycles. The average Bonchev–Trinajstić information content (AvgIpc) is 2.73. The molecule has 0 aliphatic heterocycles. The lowest BCUT2D eigenvalue weighted by atomic mass is 10.2. The van der Waals surface area contributed by atoms with E-state index in [-0.39, 0.29) is 5.91 Å². The van der Waals surface area contributed by atoms with Crippen LogP contribution in [0.25, 0.3) is 0 Å². The van der Waals surface area contributed by atoms with Gasteiger partial charge in [0, 0.05) is 29.0 Å². The molecule has 0 aliphatic carbocycles. The molecule has 150 valence electrons. The largest absolute Gasteiger partial charge is 0.338 e. The van der Waals surface area contributed by atoms with E-state index < -0.39 is 0 Å². The van der Waals surface area contributed by atoms with Gasteiger partial charge < -0.3 is 15.1 Å². The summed E-state index contributed by atoms with van der Waals surface area (Å²) in [5.41, 5.74) is 2.43. The van der Waals surface area contributed by atoms with Gasteiger partial charge in [-0.3, -0.25) is 4.79 Å². The summed E-state index contributed by atoms with van der Waals surface area (Å²) in [6.45, 7) is 1.73. The van der Waals surface area contributed by atoms with Crippen molar-refractivity contribution in [2.45, 2.75) is 6.42 Å². The van der Waals surface area contributed by atoms with Gasteiger partial charge in [0.15, 0.2) is 5.82 Å². The van der Waals surface area contributed by atoms with Gasteiger partial charge in [0.1, 0.15) is 0 Å². The van der Waals surface area contributed by atoms with Gasteiger partial charge in [-0.2, -0.15) is 0 Å². The number of nitrogens with zero attached hydrogens (tertiary/aromatic N) is 3. The third-order valence-electron chi connectivity index (χ3n) is 4.47. The summed E-state index contributed by atoms with van der Waals surface area (Å²) < 4.78 is 0. The first-order valence-electron chi connectivity index (χ1n) is 9.54. The number of hydrogen-bond donors (Lipinski definition) is 1. The van der Waals surface area contributed by atoms with Crippen molar-refractivity contribution in [3.8, 4) is 0 Å². The first-order valence-corrected chi connectivity index (χ1v) is 9.91. The number of pyridine rings is 1. The van der Waals surface area contributed by atoms with E-state index in [9.17, 15) is 4.79 Å². The minimum Gasteiger partial charge on any atom is -0.338 e. The molecule has 0 unspecified atom stereocenters. The Morgan fingerprint density at radius 3 is 2.38 bits per heavy atom. The summed E-state index contributed by atoms with van der Waals surface area (Å²) in [5, 5.41) is 3.65. The molecule has 6 heteroatoms. The van der Waals surface area contributed by atoms with Gasteiger partial charge in [-0.15, -0.1) is 0 Å². The van der Waals surface area contributed by atoms with Crippen molar-refractivity contribution in [3.63, 3.8) is 0 Å². The van der Waals surface area contributed by atoms with E-state index >= 15 is 0 Å². The van der Waals surface area contributed by atoms with Crippen LogP contribution in [0, 0.1) is 0 Å². The van der Waals surface area contributed by atoms with Crippen molar-refractivity contribution in [1.29, 1.82) is 0 Å². The van der Waals surface area contributed by atoms with E-state index in [0.717, 1.165) is 30.9 Å². The average molecular weight is 409 g/mol. The number of carbonyl (C=O) groups is 1. The third kappa shape index (κ3) is 5.79. The molecule has 1 N–H and O–H groups in total. The number of hydrogen-bond acceptors (Lipinski definition) is 4. The summed E-state index contributed by atoms with van der Waals surface area (Å²) in [7, 11) is 4.12. The van der Waals surface area contributed by atoms with Crippen LogP contribution in [0.3, 0.4) is 0 Å². The fraction of sp³-hybridized carbons (Fsp3) is 0.217. The van der Waals surface area contributed by atoms with Crippen LogP contribution in [0.1, 0.15) is 16.8 Å². The Hall–Kier alpha value is -2.89. The van der Waals surface area contributed by atoms with Crippen molar-refractivity contribution in [1.82, 2.24) is 9.88 Å². The van der Waals surface area contributed by atoms with Crippen LogP contribution < -0.4 is 10.2 Å². The highest BCUT2D eigenvalue weighted by atomic mass is 35.5. The molecule has 1 heterocycles. The Bertz CT molecular complexity index is 929. The molecule has 3 aromatic rings. The molecule has 1 aromatic heterocycles. The number of carbonyl (C=O) groups excluding carboxylic acids is 1. The fourth-order valence-electron chi connectivity index (χ4n) is 3.03. The van der Waals surface area contributed by atoms with Crippen LogP contribution in [-0.2, 0) is 0 Å². The minimum atomic E-state index is -0.185. The van der Waals surface area contributed by atoms with Crippen LogP contribution in [0.4, 0.5) is 17.2 Å². The van der Waals surface area contributed by atoms with E-state index in [1.165, 1.54) is 0 Å². The van der Waals surface area contributed by atoms with Crippen LogP contribution in [0.15, 0.2) is 72.9 Å². The Balaban J connectivity index is 1.90. The van der Waals surface area contributed by atoms with E-state index in [1.54, 1.807) is 18.3 Å². The van der Waals surface area contributed by atoms with E-state index in [4.69, 9.17) is 11.6 Å². The Morgan fingerprint density at radius 1 is 0.966 bits per heavy atom. The highest BCUT2D eigenvalue weighted by Crippen LogP contribution is 2.32. The normalized spacial score (nSPS) is 10.8. The molecule has 0 spiro atoms. The second kappa shape index (κ2) is 10.0. The maximum Gasteiger partial charge on any atom is 0.256 e. The first kappa shape index (κ1) is 20.8. The first-order chi connectivity index (χ1) is 14.0. The molecule has 0 aliphatic rings. The zero-order valence-corrected chi connectivity index (χ0v) is 17.4. The van der Waals surface area contributed by atoms with Gasteiger partial charge in [-0.25, -0.2) is 4.98 Å². The number of aromatic nitrogens is 1. The minimum absolute atomic E-state index is 0.185. The highest BCUT2D eigenvalue weighted by Gasteiger charge is 2.17. The Morgan fingerprint density at radius 2 is 1.69 bits per heavy atom. The lowest BCUT2D eigenvalue weighted by Crippen LogP contribution is -2.25. The van der Waals surface area contributed by atoms with Crippen molar-refractivity contribution in [3.05, 3.63) is 83.5 Å². The second-order valence-corrected chi connectivity index (χ2v) is 7.41. The SMILES string of the molecule is CN(C)CCCN(c1ccc(Cl)cc1)c1cccnc1NC(=O)c1ccccc1. The Labute approximate surface area is 176 Å². The molecule has 0 saturated heterocycles.